The van der Waals surface area contributed by atoms with Gasteiger partial charge in [0.05, 0.1) is 17.1 Å². The third-order valence-electron chi connectivity index (χ3n) is 11.0. The minimum absolute atomic E-state index is 0.204. The van der Waals surface area contributed by atoms with Crippen molar-refractivity contribution < 1.29 is 5.11 Å². The lowest BCUT2D eigenvalue weighted by Crippen LogP contribution is -2.15. The molecule has 0 unspecified atom stereocenters. The Morgan fingerprint density at radius 3 is 1.96 bits per heavy atom. The number of thiophene rings is 1. The van der Waals surface area contributed by atoms with Crippen LogP contribution in [0.3, 0.4) is 0 Å². The van der Waals surface area contributed by atoms with Crippen LogP contribution in [0.5, 0.6) is 5.75 Å². The van der Waals surface area contributed by atoms with Crippen molar-refractivity contribution in [3.05, 3.63) is 175 Å². The summed E-state index contributed by atoms with van der Waals surface area (Å²) in [7, 11) is 0. The summed E-state index contributed by atoms with van der Waals surface area (Å²) in [5.74, 6) is 0.226. The highest BCUT2D eigenvalue weighted by Crippen LogP contribution is 2.51. The summed E-state index contributed by atoms with van der Waals surface area (Å²) in [4.78, 5) is 10.3. The van der Waals surface area contributed by atoms with E-state index >= 15 is 0 Å². The summed E-state index contributed by atoms with van der Waals surface area (Å²) < 4.78 is 2.59. The average molecular weight is 713 g/mol. The lowest BCUT2D eigenvalue weighted by atomic mass is 9.81. The van der Waals surface area contributed by atoms with E-state index in [1.165, 1.54) is 42.4 Å². The van der Waals surface area contributed by atoms with Crippen LogP contribution in [-0.2, 0) is 5.41 Å². The summed E-state index contributed by atoms with van der Waals surface area (Å²) in [6, 6.07) is 55.4. The zero-order valence-corrected chi connectivity index (χ0v) is 31.1. The van der Waals surface area contributed by atoms with E-state index in [2.05, 4.69) is 166 Å². The fourth-order valence-electron chi connectivity index (χ4n) is 8.34. The lowest BCUT2D eigenvalue weighted by molar-refractivity contribution is 0.477. The predicted molar refractivity (Wildman–Crippen MR) is 226 cm³/mol. The number of hydrogen-bond donors (Lipinski definition) is 1. The van der Waals surface area contributed by atoms with E-state index in [0.717, 1.165) is 61.7 Å². The highest BCUT2D eigenvalue weighted by molar-refractivity contribution is 7.26. The van der Waals surface area contributed by atoms with Gasteiger partial charge in [-0.1, -0.05) is 123 Å². The second-order valence-electron chi connectivity index (χ2n) is 14.8. The first-order valence-electron chi connectivity index (χ1n) is 18.4. The molecule has 0 amide bonds. The van der Waals surface area contributed by atoms with Gasteiger partial charge in [0.25, 0.3) is 0 Å². The SMILES string of the molecule is Cc1cc(-c2cccc3c2sc2ccccc23)cc(-c2cccc(-c3cc(-c4ccccc4)cc(-c4cc5c(cc4O)-c4ccccc4C5(C)C)n3)c2)n1. The molecule has 9 aromatic rings. The fraction of sp³-hybridized carbons (Fsp3) is 0.0800. The fourth-order valence-corrected chi connectivity index (χ4v) is 9.58. The van der Waals surface area contributed by atoms with E-state index in [1.807, 2.05) is 23.5 Å². The van der Waals surface area contributed by atoms with Gasteiger partial charge in [0, 0.05) is 48.0 Å². The van der Waals surface area contributed by atoms with E-state index < -0.39 is 0 Å². The van der Waals surface area contributed by atoms with Crippen molar-refractivity contribution >= 4 is 31.5 Å². The molecule has 3 nitrogen and oxygen atoms in total. The molecule has 0 bridgehead atoms. The summed E-state index contributed by atoms with van der Waals surface area (Å²) in [6.45, 7) is 6.59. The van der Waals surface area contributed by atoms with Crippen molar-refractivity contribution in [2.75, 3.05) is 0 Å². The minimum Gasteiger partial charge on any atom is -0.507 e. The van der Waals surface area contributed by atoms with Gasteiger partial charge in [0.1, 0.15) is 5.75 Å². The van der Waals surface area contributed by atoms with E-state index in [1.54, 1.807) is 0 Å². The topological polar surface area (TPSA) is 46.0 Å². The molecule has 10 rings (SSSR count). The summed E-state index contributed by atoms with van der Waals surface area (Å²) in [6.07, 6.45) is 0. The summed E-state index contributed by atoms with van der Waals surface area (Å²) in [5, 5.41) is 14.2. The predicted octanol–water partition coefficient (Wildman–Crippen LogP) is 13.5. The molecule has 1 N–H and O–H groups in total. The van der Waals surface area contributed by atoms with Gasteiger partial charge >= 0.3 is 0 Å². The van der Waals surface area contributed by atoms with Crippen LogP contribution in [0.15, 0.2) is 158 Å². The Bertz CT molecular complexity index is 2940. The maximum atomic E-state index is 11.6. The van der Waals surface area contributed by atoms with Gasteiger partial charge in [-0.25, -0.2) is 4.98 Å². The standard InChI is InChI=1S/C50H36N2OS/c1-30-23-35(36-19-12-20-39-38-18-8-10-22-48(38)54-49(36)39)27-44(51-30)32-15-11-16-33(24-32)45-25-34(31-13-5-4-6-14-31)26-46(52-45)41-28-43-40(29-47(41)53)37-17-7-9-21-42(37)50(43,2)3/h4-29,53H,1-3H3. The van der Waals surface area contributed by atoms with Crippen molar-refractivity contribution in [2.24, 2.45) is 0 Å². The monoisotopic (exact) mass is 712 g/mol. The molecule has 258 valence electrons. The number of hydrogen-bond acceptors (Lipinski definition) is 4. The second-order valence-corrected chi connectivity index (χ2v) is 15.9. The number of rotatable bonds is 5. The minimum atomic E-state index is -0.204. The largest absolute Gasteiger partial charge is 0.507 e. The molecule has 0 aliphatic heterocycles. The Hall–Kier alpha value is -6.36. The Labute approximate surface area is 318 Å². The highest BCUT2D eigenvalue weighted by atomic mass is 32.1. The van der Waals surface area contributed by atoms with Gasteiger partial charge in [0.2, 0.25) is 0 Å². The van der Waals surface area contributed by atoms with Gasteiger partial charge in [-0.05, 0) is 100.0 Å². The molecule has 0 radical (unpaired) electrons. The van der Waals surface area contributed by atoms with Gasteiger partial charge in [-0.15, -0.1) is 11.3 Å². The molecule has 0 fully saturated rings. The zero-order valence-electron chi connectivity index (χ0n) is 30.3. The number of benzene rings is 6. The molecular weight excluding hydrogens is 677 g/mol. The van der Waals surface area contributed by atoms with Crippen LogP contribution in [0.25, 0.3) is 87.3 Å². The van der Waals surface area contributed by atoms with Gasteiger partial charge in [-0.3, -0.25) is 4.98 Å². The zero-order chi connectivity index (χ0) is 36.6. The van der Waals surface area contributed by atoms with Crippen LogP contribution in [0.4, 0.5) is 0 Å². The molecule has 0 saturated heterocycles. The van der Waals surface area contributed by atoms with Gasteiger partial charge in [-0.2, -0.15) is 0 Å². The smallest absolute Gasteiger partial charge is 0.125 e. The number of aryl methyl sites for hydroxylation is 1. The number of pyridine rings is 2. The third kappa shape index (κ3) is 5.25. The number of nitrogens with zero attached hydrogens (tertiary/aromatic N) is 2. The number of phenols is 1. The average Bonchev–Trinajstić information content (AvgIpc) is 3.69. The molecule has 3 aromatic heterocycles. The van der Waals surface area contributed by atoms with Crippen LogP contribution >= 0.6 is 11.3 Å². The first kappa shape index (κ1) is 32.3. The maximum absolute atomic E-state index is 11.6. The van der Waals surface area contributed by atoms with Gasteiger partial charge < -0.3 is 5.11 Å². The normalized spacial score (nSPS) is 12.9. The summed E-state index contributed by atoms with van der Waals surface area (Å²) >= 11 is 1.85. The van der Waals surface area contributed by atoms with Crippen LogP contribution in [0, 0.1) is 6.92 Å². The first-order valence-corrected chi connectivity index (χ1v) is 19.2. The van der Waals surface area contributed by atoms with Crippen LogP contribution in [0.2, 0.25) is 0 Å². The maximum Gasteiger partial charge on any atom is 0.125 e. The van der Waals surface area contributed by atoms with Crippen LogP contribution < -0.4 is 0 Å². The number of fused-ring (bicyclic) bond motifs is 6. The number of aromatic nitrogens is 2. The van der Waals surface area contributed by atoms with E-state index in [9.17, 15) is 5.11 Å². The molecule has 0 saturated carbocycles. The Kier molecular flexibility index (Phi) is 7.40. The first-order chi connectivity index (χ1) is 26.3. The molecule has 0 spiro atoms. The second kappa shape index (κ2) is 12.4. The van der Waals surface area contributed by atoms with Crippen molar-refractivity contribution in [1.29, 1.82) is 0 Å². The molecule has 4 heteroatoms. The Morgan fingerprint density at radius 2 is 1.11 bits per heavy atom. The van der Waals surface area contributed by atoms with Crippen molar-refractivity contribution in [2.45, 2.75) is 26.2 Å². The van der Waals surface area contributed by atoms with Gasteiger partial charge in [0.15, 0.2) is 0 Å². The molecule has 1 aliphatic rings. The van der Waals surface area contributed by atoms with E-state index in [-0.39, 0.29) is 11.2 Å². The van der Waals surface area contributed by atoms with E-state index in [4.69, 9.17) is 9.97 Å². The molecular formula is C50H36N2OS. The van der Waals surface area contributed by atoms with Crippen LogP contribution in [-0.4, -0.2) is 15.1 Å². The Morgan fingerprint density at radius 1 is 0.463 bits per heavy atom. The van der Waals surface area contributed by atoms with Crippen molar-refractivity contribution in [3.8, 4) is 72.9 Å². The molecule has 54 heavy (non-hydrogen) atoms. The number of phenolic OH excluding ortho intramolecular Hbond substituents is 1. The van der Waals surface area contributed by atoms with Crippen molar-refractivity contribution in [1.82, 2.24) is 9.97 Å². The third-order valence-corrected chi connectivity index (χ3v) is 12.3. The van der Waals surface area contributed by atoms with Crippen molar-refractivity contribution in [3.63, 3.8) is 0 Å². The molecule has 0 atom stereocenters. The molecule has 6 aromatic carbocycles. The molecule has 3 heterocycles. The molecule has 1 aliphatic carbocycles. The summed E-state index contributed by atoms with van der Waals surface area (Å²) in [5.41, 5.74) is 15.2. The Balaban J connectivity index is 1.10. The lowest BCUT2D eigenvalue weighted by Gasteiger charge is -2.22. The highest BCUT2D eigenvalue weighted by Gasteiger charge is 2.36. The van der Waals surface area contributed by atoms with Crippen LogP contribution in [0.1, 0.15) is 30.7 Å². The van der Waals surface area contributed by atoms with E-state index in [0.29, 0.717) is 0 Å². The quantitative estimate of drug-likeness (QED) is 0.193. The number of aromatic hydroxyl groups is 1.